The van der Waals surface area contributed by atoms with Crippen molar-refractivity contribution in [2.45, 2.75) is 44.2 Å². The number of hydrogen-bond donors (Lipinski definition) is 0. The summed E-state index contributed by atoms with van der Waals surface area (Å²) in [5.41, 5.74) is 9.19. The molecule has 2 saturated heterocycles. The monoisotopic (exact) mass is 319 g/mol. The first-order valence-electron chi connectivity index (χ1n) is 7.28. The molecular weight excluding hydrogens is 302 g/mol. The number of carbonyl (C=O) groups is 1. The molecule has 8 heteroatoms. The minimum atomic E-state index is -0.801. The van der Waals surface area contributed by atoms with Crippen LogP contribution in [0.5, 0.6) is 0 Å². The SMILES string of the molecule is CC1(C)O[C@H]2O[C@@H](COC(=O)c3ccccc3)[C@@H](N=[N+]=[N-])[C@H]2O1. The highest BCUT2D eigenvalue weighted by Gasteiger charge is 2.54. The van der Waals surface area contributed by atoms with Crippen molar-refractivity contribution in [2.75, 3.05) is 6.61 Å². The van der Waals surface area contributed by atoms with E-state index in [9.17, 15) is 4.79 Å². The van der Waals surface area contributed by atoms with Crippen LogP contribution < -0.4 is 0 Å². The summed E-state index contributed by atoms with van der Waals surface area (Å²) in [5.74, 6) is -1.27. The van der Waals surface area contributed by atoms with E-state index in [1.807, 2.05) is 6.07 Å². The Morgan fingerprint density at radius 1 is 1.35 bits per heavy atom. The van der Waals surface area contributed by atoms with Crippen LogP contribution in [0.2, 0.25) is 0 Å². The third-order valence-electron chi connectivity index (χ3n) is 3.69. The summed E-state index contributed by atoms with van der Waals surface area (Å²) in [5, 5.41) is 3.72. The van der Waals surface area contributed by atoms with Gasteiger partial charge in [0, 0.05) is 4.91 Å². The first-order valence-corrected chi connectivity index (χ1v) is 7.28. The van der Waals surface area contributed by atoms with Crippen LogP contribution >= 0.6 is 0 Å². The molecule has 0 amide bonds. The van der Waals surface area contributed by atoms with Crippen LogP contribution in [0.15, 0.2) is 35.4 Å². The van der Waals surface area contributed by atoms with E-state index in [1.165, 1.54) is 0 Å². The van der Waals surface area contributed by atoms with Gasteiger partial charge < -0.3 is 18.9 Å². The maximum absolute atomic E-state index is 12.0. The predicted octanol–water partition coefficient (Wildman–Crippen LogP) is 2.40. The Bertz CT molecular complexity index is 629. The Morgan fingerprint density at radius 3 is 2.78 bits per heavy atom. The molecular formula is C15H17N3O5. The lowest BCUT2D eigenvalue weighted by atomic mass is 10.1. The largest absolute Gasteiger partial charge is 0.459 e. The highest BCUT2D eigenvalue weighted by molar-refractivity contribution is 5.89. The molecule has 2 aliphatic rings. The van der Waals surface area contributed by atoms with Crippen molar-refractivity contribution in [2.24, 2.45) is 5.11 Å². The summed E-state index contributed by atoms with van der Waals surface area (Å²) in [4.78, 5) is 14.8. The molecule has 0 N–H and O–H groups in total. The van der Waals surface area contributed by atoms with Gasteiger partial charge in [0.1, 0.15) is 18.8 Å². The molecule has 0 unspecified atom stereocenters. The van der Waals surface area contributed by atoms with Gasteiger partial charge >= 0.3 is 5.97 Å². The van der Waals surface area contributed by atoms with E-state index in [-0.39, 0.29) is 6.61 Å². The quantitative estimate of drug-likeness (QED) is 0.367. The molecule has 1 aromatic rings. The lowest BCUT2D eigenvalue weighted by Gasteiger charge is -2.23. The van der Waals surface area contributed by atoms with Crippen molar-refractivity contribution >= 4 is 5.97 Å². The highest BCUT2D eigenvalue weighted by Crippen LogP contribution is 2.38. The first-order chi connectivity index (χ1) is 11.0. The van der Waals surface area contributed by atoms with E-state index in [4.69, 9.17) is 24.5 Å². The van der Waals surface area contributed by atoms with Crippen molar-refractivity contribution in [1.29, 1.82) is 0 Å². The standard InChI is InChI=1S/C15H17N3O5/c1-15(2)22-12-11(17-18-16)10(21-14(12)23-15)8-20-13(19)9-6-4-3-5-7-9/h3-7,10-12,14H,8H2,1-2H3/t10-,11+,12+,14+/m0/s1. The number of ether oxygens (including phenoxy) is 4. The molecule has 8 nitrogen and oxygen atoms in total. The average Bonchev–Trinajstić information content (AvgIpc) is 2.99. The van der Waals surface area contributed by atoms with Gasteiger partial charge in [-0.15, -0.1) is 0 Å². The van der Waals surface area contributed by atoms with Gasteiger partial charge in [-0.3, -0.25) is 0 Å². The molecule has 0 radical (unpaired) electrons. The lowest BCUT2D eigenvalue weighted by molar-refractivity contribution is -0.209. The summed E-state index contributed by atoms with van der Waals surface area (Å²) < 4.78 is 22.2. The lowest BCUT2D eigenvalue weighted by Crippen LogP contribution is -2.35. The Kier molecular flexibility index (Phi) is 4.23. The van der Waals surface area contributed by atoms with Crippen LogP contribution in [-0.4, -0.2) is 42.9 Å². The van der Waals surface area contributed by atoms with Gasteiger partial charge in [0.25, 0.3) is 0 Å². The van der Waals surface area contributed by atoms with Crippen LogP contribution in [0.3, 0.4) is 0 Å². The van der Waals surface area contributed by atoms with Crippen molar-refractivity contribution < 1.29 is 23.7 Å². The molecule has 0 aliphatic carbocycles. The second-order valence-electron chi connectivity index (χ2n) is 5.80. The molecule has 122 valence electrons. The highest BCUT2D eigenvalue weighted by atomic mass is 16.8. The minimum absolute atomic E-state index is 0.0441. The molecule has 2 fully saturated rings. The second kappa shape index (κ2) is 6.17. The number of azide groups is 1. The third kappa shape index (κ3) is 3.30. The van der Waals surface area contributed by atoms with E-state index in [1.54, 1.807) is 38.1 Å². The molecule has 2 heterocycles. The summed E-state index contributed by atoms with van der Waals surface area (Å²) in [7, 11) is 0. The number of esters is 1. The zero-order valence-electron chi connectivity index (χ0n) is 12.8. The van der Waals surface area contributed by atoms with Crippen molar-refractivity contribution in [3.8, 4) is 0 Å². The molecule has 1 aromatic carbocycles. The smallest absolute Gasteiger partial charge is 0.338 e. The third-order valence-corrected chi connectivity index (χ3v) is 3.69. The maximum Gasteiger partial charge on any atom is 0.338 e. The molecule has 23 heavy (non-hydrogen) atoms. The van der Waals surface area contributed by atoms with E-state index in [0.29, 0.717) is 5.56 Å². The van der Waals surface area contributed by atoms with Crippen molar-refractivity contribution in [3.63, 3.8) is 0 Å². The molecule has 0 aromatic heterocycles. The number of benzene rings is 1. The van der Waals surface area contributed by atoms with Crippen LogP contribution in [0.1, 0.15) is 24.2 Å². The zero-order chi connectivity index (χ0) is 16.4. The van der Waals surface area contributed by atoms with Gasteiger partial charge in [-0.1, -0.05) is 23.3 Å². The summed E-state index contributed by atoms with van der Waals surface area (Å²) in [6.45, 7) is 3.47. The Labute approximate surface area is 132 Å². The van der Waals surface area contributed by atoms with Crippen LogP contribution in [0.25, 0.3) is 10.4 Å². The Morgan fingerprint density at radius 2 is 2.09 bits per heavy atom. The fourth-order valence-corrected chi connectivity index (χ4v) is 2.71. The summed E-state index contributed by atoms with van der Waals surface area (Å²) >= 11 is 0. The van der Waals surface area contributed by atoms with Gasteiger partial charge in [0.2, 0.25) is 0 Å². The van der Waals surface area contributed by atoms with E-state index in [2.05, 4.69) is 10.0 Å². The maximum atomic E-state index is 12.0. The van der Waals surface area contributed by atoms with Crippen LogP contribution in [0, 0.1) is 0 Å². The van der Waals surface area contributed by atoms with E-state index in [0.717, 1.165) is 0 Å². The molecule has 0 saturated carbocycles. The number of hydrogen-bond acceptors (Lipinski definition) is 6. The molecule has 0 bridgehead atoms. The van der Waals surface area contributed by atoms with Gasteiger partial charge in [-0.25, -0.2) is 4.79 Å². The summed E-state index contributed by atoms with van der Waals surface area (Å²) in [6.07, 6.45) is -1.76. The van der Waals surface area contributed by atoms with Gasteiger partial charge in [0.15, 0.2) is 12.1 Å². The molecule has 3 rings (SSSR count). The molecule has 2 aliphatic heterocycles. The van der Waals surface area contributed by atoms with Crippen LogP contribution in [0.4, 0.5) is 0 Å². The normalized spacial score (nSPS) is 31.2. The zero-order valence-corrected chi connectivity index (χ0v) is 12.8. The average molecular weight is 319 g/mol. The van der Waals surface area contributed by atoms with Gasteiger partial charge in [-0.05, 0) is 31.5 Å². The number of rotatable bonds is 4. The van der Waals surface area contributed by atoms with E-state index >= 15 is 0 Å². The number of nitrogens with zero attached hydrogens (tertiary/aromatic N) is 3. The predicted molar refractivity (Wildman–Crippen MR) is 78.4 cm³/mol. The molecule has 0 spiro atoms. The Balaban J connectivity index is 1.64. The van der Waals surface area contributed by atoms with Gasteiger partial charge in [-0.2, -0.15) is 0 Å². The van der Waals surface area contributed by atoms with Crippen molar-refractivity contribution in [3.05, 3.63) is 46.3 Å². The Hall–Kier alpha value is -2.12. The van der Waals surface area contributed by atoms with Gasteiger partial charge in [0.05, 0.1) is 11.6 Å². The van der Waals surface area contributed by atoms with E-state index < -0.39 is 36.3 Å². The number of fused-ring (bicyclic) bond motifs is 1. The van der Waals surface area contributed by atoms with Crippen LogP contribution in [-0.2, 0) is 18.9 Å². The fraction of sp³-hybridized carbons (Fsp3) is 0.533. The fourth-order valence-electron chi connectivity index (χ4n) is 2.71. The van der Waals surface area contributed by atoms with Crippen molar-refractivity contribution in [1.82, 2.24) is 0 Å². The molecule has 4 atom stereocenters. The minimum Gasteiger partial charge on any atom is -0.459 e. The number of carbonyl (C=O) groups excluding carboxylic acids is 1. The second-order valence-corrected chi connectivity index (χ2v) is 5.80. The first kappa shape index (κ1) is 15.8. The summed E-state index contributed by atoms with van der Waals surface area (Å²) in [6, 6.07) is 8.01. The topological polar surface area (TPSA) is 103 Å².